The summed E-state index contributed by atoms with van der Waals surface area (Å²) in [6.45, 7) is 4.37. The van der Waals surface area contributed by atoms with E-state index in [1.165, 1.54) is 11.1 Å². The molecule has 0 aliphatic rings. The summed E-state index contributed by atoms with van der Waals surface area (Å²) in [5, 5.41) is 1.11. The van der Waals surface area contributed by atoms with Crippen LogP contribution in [0.3, 0.4) is 0 Å². The molecule has 0 bridgehead atoms. The maximum atomic E-state index is 6.25. The molecular formula is C17H19Cl2N. The van der Waals surface area contributed by atoms with Gasteiger partial charge in [0.15, 0.2) is 0 Å². The van der Waals surface area contributed by atoms with Crippen molar-refractivity contribution >= 4 is 23.2 Å². The number of nitrogens with two attached hydrogens (primary N) is 1. The van der Waals surface area contributed by atoms with E-state index in [4.69, 9.17) is 28.9 Å². The van der Waals surface area contributed by atoms with E-state index in [0.717, 1.165) is 12.0 Å². The van der Waals surface area contributed by atoms with E-state index < -0.39 is 0 Å². The van der Waals surface area contributed by atoms with Gasteiger partial charge in [-0.05, 0) is 35.1 Å². The summed E-state index contributed by atoms with van der Waals surface area (Å²) in [5.74, 6) is 0.542. The van der Waals surface area contributed by atoms with Gasteiger partial charge in [0, 0.05) is 6.04 Å². The van der Waals surface area contributed by atoms with Crippen LogP contribution in [0.25, 0.3) is 0 Å². The molecule has 0 heterocycles. The van der Waals surface area contributed by atoms with Crippen LogP contribution in [-0.4, -0.2) is 0 Å². The molecular weight excluding hydrogens is 289 g/mol. The van der Waals surface area contributed by atoms with Crippen molar-refractivity contribution in [2.75, 3.05) is 0 Å². The van der Waals surface area contributed by atoms with Gasteiger partial charge in [0.05, 0.1) is 10.0 Å². The van der Waals surface area contributed by atoms with Crippen molar-refractivity contribution in [3.8, 4) is 0 Å². The maximum Gasteiger partial charge on any atom is 0.0640 e. The molecule has 0 saturated carbocycles. The summed E-state index contributed by atoms with van der Waals surface area (Å²) in [6, 6.07) is 14.0. The summed E-state index contributed by atoms with van der Waals surface area (Å²) in [5.41, 5.74) is 9.69. The Balaban J connectivity index is 2.15. The Morgan fingerprint density at radius 1 is 1.00 bits per heavy atom. The van der Waals surface area contributed by atoms with Gasteiger partial charge in [-0.2, -0.15) is 0 Å². The van der Waals surface area contributed by atoms with Crippen LogP contribution in [0, 0.1) is 0 Å². The average Bonchev–Trinajstić information content (AvgIpc) is 2.42. The molecule has 0 aliphatic heterocycles. The lowest BCUT2D eigenvalue weighted by atomic mass is 9.96. The molecule has 2 aromatic rings. The first-order valence-corrected chi connectivity index (χ1v) is 7.53. The van der Waals surface area contributed by atoms with Crippen molar-refractivity contribution in [3.05, 3.63) is 69.2 Å². The average molecular weight is 308 g/mol. The fourth-order valence-electron chi connectivity index (χ4n) is 2.21. The number of rotatable bonds is 4. The van der Waals surface area contributed by atoms with E-state index in [1.54, 1.807) is 6.07 Å². The lowest BCUT2D eigenvalue weighted by Crippen LogP contribution is -2.14. The highest BCUT2D eigenvalue weighted by Gasteiger charge is 2.13. The Labute approximate surface area is 130 Å². The molecule has 3 heteroatoms. The second-order valence-corrected chi connectivity index (χ2v) is 6.14. The van der Waals surface area contributed by atoms with Crippen LogP contribution in [0.1, 0.15) is 42.5 Å². The SMILES string of the molecule is CC(C)c1ccc(CC(N)c2cccc(Cl)c2Cl)cc1. The highest BCUT2D eigenvalue weighted by Crippen LogP contribution is 2.30. The Morgan fingerprint density at radius 3 is 2.25 bits per heavy atom. The van der Waals surface area contributed by atoms with Crippen molar-refractivity contribution in [2.45, 2.75) is 32.2 Å². The summed E-state index contributed by atoms with van der Waals surface area (Å²) in [6.07, 6.45) is 0.748. The Hall–Kier alpha value is -1.02. The molecule has 2 N–H and O–H groups in total. The van der Waals surface area contributed by atoms with Crippen molar-refractivity contribution in [3.63, 3.8) is 0 Å². The molecule has 0 amide bonds. The highest BCUT2D eigenvalue weighted by molar-refractivity contribution is 6.42. The van der Waals surface area contributed by atoms with E-state index in [0.29, 0.717) is 16.0 Å². The Morgan fingerprint density at radius 2 is 1.65 bits per heavy atom. The number of hydrogen-bond acceptors (Lipinski definition) is 1. The van der Waals surface area contributed by atoms with Gasteiger partial charge in [0.25, 0.3) is 0 Å². The third-order valence-corrected chi connectivity index (χ3v) is 4.32. The minimum absolute atomic E-state index is 0.147. The van der Waals surface area contributed by atoms with Crippen molar-refractivity contribution < 1.29 is 0 Å². The second-order valence-electron chi connectivity index (χ2n) is 5.35. The molecule has 0 fully saturated rings. The van der Waals surface area contributed by atoms with Gasteiger partial charge >= 0.3 is 0 Å². The molecule has 2 aromatic carbocycles. The van der Waals surface area contributed by atoms with Crippen molar-refractivity contribution in [2.24, 2.45) is 5.73 Å². The van der Waals surface area contributed by atoms with E-state index in [1.807, 2.05) is 12.1 Å². The first kappa shape index (κ1) is 15.4. The van der Waals surface area contributed by atoms with Gasteiger partial charge in [0.1, 0.15) is 0 Å². The van der Waals surface area contributed by atoms with Crippen LogP contribution in [0.2, 0.25) is 10.0 Å². The highest BCUT2D eigenvalue weighted by atomic mass is 35.5. The first-order valence-electron chi connectivity index (χ1n) is 6.77. The molecule has 1 unspecified atom stereocenters. The third kappa shape index (κ3) is 3.54. The molecule has 2 rings (SSSR count). The van der Waals surface area contributed by atoms with Crippen LogP contribution >= 0.6 is 23.2 Å². The predicted molar refractivity (Wildman–Crippen MR) is 87.6 cm³/mol. The van der Waals surface area contributed by atoms with E-state index in [-0.39, 0.29) is 6.04 Å². The fourth-order valence-corrected chi connectivity index (χ4v) is 2.66. The van der Waals surface area contributed by atoms with Crippen LogP contribution in [0.15, 0.2) is 42.5 Å². The lowest BCUT2D eigenvalue weighted by Gasteiger charge is -2.15. The summed E-state index contributed by atoms with van der Waals surface area (Å²) in [4.78, 5) is 0. The summed E-state index contributed by atoms with van der Waals surface area (Å²) >= 11 is 12.2. The quantitative estimate of drug-likeness (QED) is 0.808. The monoisotopic (exact) mass is 307 g/mol. The van der Waals surface area contributed by atoms with Crippen molar-refractivity contribution in [1.82, 2.24) is 0 Å². The zero-order valence-corrected chi connectivity index (χ0v) is 13.2. The Bertz CT molecular complexity index is 576. The second kappa shape index (κ2) is 6.62. The van der Waals surface area contributed by atoms with Gasteiger partial charge in [-0.25, -0.2) is 0 Å². The number of halogens is 2. The lowest BCUT2D eigenvalue weighted by molar-refractivity contribution is 0.721. The van der Waals surface area contributed by atoms with Gasteiger partial charge in [-0.1, -0.05) is 73.4 Å². The molecule has 1 atom stereocenters. The van der Waals surface area contributed by atoms with Gasteiger partial charge in [-0.15, -0.1) is 0 Å². The van der Waals surface area contributed by atoms with Crippen LogP contribution in [-0.2, 0) is 6.42 Å². The normalized spacial score (nSPS) is 12.7. The zero-order chi connectivity index (χ0) is 14.7. The van der Waals surface area contributed by atoms with Gasteiger partial charge in [0.2, 0.25) is 0 Å². The van der Waals surface area contributed by atoms with Crippen molar-refractivity contribution in [1.29, 1.82) is 0 Å². The fraction of sp³-hybridized carbons (Fsp3) is 0.294. The maximum absolute atomic E-state index is 6.25. The molecule has 0 aromatic heterocycles. The standard InChI is InChI=1S/C17H19Cl2N/c1-11(2)13-8-6-12(7-9-13)10-16(20)14-4-3-5-15(18)17(14)19/h3-9,11,16H,10,20H2,1-2H3. The minimum Gasteiger partial charge on any atom is -0.324 e. The molecule has 1 nitrogen and oxygen atoms in total. The van der Waals surface area contributed by atoms with Crippen LogP contribution in [0.4, 0.5) is 0 Å². The molecule has 0 aliphatic carbocycles. The molecule has 0 saturated heterocycles. The number of hydrogen-bond donors (Lipinski definition) is 1. The molecule has 0 radical (unpaired) electrons. The number of benzene rings is 2. The van der Waals surface area contributed by atoms with E-state index in [9.17, 15) is 0 Å². The third-order valence-electron chi connectivity index (χ3n) is 3.48. The topological polar surface area (TPSA) is 26.0 Å². The molecule has 20 heavy (non-hydrogen) atoms. The van der Waals surface area contributed by atoms with E-state index >= 15 is 0 Å². The summed E-state index contributed by atoms with van der Waals surface area (Å²) in [7, 11) is 0. The smallest absolute Gasteiger partial charge is 0.0640 e. The van der Waals surface area contributed by atoms with Crippen LogP contribution in [0.5, 0.6) is 0 Å². The predicted octanol–water partition coefficient (Wildman–Crippen LogP) is 5.36. The molecule has 0 spiro atoms. The largest absolute Gasteiger partial charge is 0.324 e. The first-order chi connectivity index (χ1) is 9.49. The van der Waals surface area contributed by atoms with E-state index in [2.05, 4.69) is 38.1 Å². The van der Waals surface area contributed by atoms with Crippen LogP contribution < -0.4 is 5.73 Å². The minimum atomic E-state index is -0.147. The Kier molecular flexibility index (Phi) is 5.09. The molecule has 106 valence electrons. The summed E-state index contributed by atoms with van der Waals surface area (Å²) < 4.78 is 0. The van der Waals surface area contributed by atoms with Gasteiger partial charge < -0.3 is 5.73 Å². The van der Waals surface area contributed by atoms with Gasteiger partial charge in [-0.3, -0.25) is 0 Å². The zero-order valence-electron chi connectivity index (χ0n) is 11.7.